The number of aliphatic hydroxyl groups excluding tert-OH is 1. The predicted molar refractivity (Wildman–Crippen MR) is 88.6 cm³/mol. The Morgan fingerprint density at radius 2 is 1.72 bits per heavy atom. The monoisotopic (exact) mass is 350 g/mol. The van der Waals surface area contributed by atoms with Gasteiger partial charge in [0.05, 0.1) is 17.4 Å². The Morgan fingerprint density at radius 1 is 1.04 bits per heavy atom. The Balaban J connectivity index is 1.79. The van der Waals surface area contributed by atoms with E-state index in [2.05, 4.69) is 10.6 Å². The lowest BCUT2D eigenvalue weighted by atomic mass is 9.88. The summed E-state index contributed by atoms with van der Waals surface area (Å²) in [6.45, 7) is 0. The molecule has 0 aromatic heterocycles. The van der Waals surface area contributed by atoms with Crippen LogP contribution in [-0.2, 0) is 19.0 Å². The summed E-state index contributed by atoms with van der Waals surface area (Å²) >= 11 is 0. The number of halogens is 3. The van der Waals surface area contributed by atoms with Crippen LogP contribution in [0.25, 0.3) is 0 Å². The SMILES string of the molecule is O=C(Nc1ccccc1C(F)(F)F)Nc1cccc2c1C[C@@H](O)CC2. The first-order valence-electron chi connectivity index (χ1n) is 7.87. The number of amides is 2. The van der Waals surface area contributed by atoms with E-state index in [1.807, 2.05) is 6.07 Å². The van der Waals surface area contributed by atoms with Gasteiger partial charge < -0.3 is 15.7 Å². The molecule has 7 heteroatoms. The van der Waals surface area contributed by atoms with Crippen molar-refractivity contribution in [2.75, 3.05) is 10.6 Å². The molecule has 132 valence electrons. The quantitative estimate of drug-likeness (QED) is 0.760. The minimum absolute atomic E-state index is 0.308. The fraction of sp³-hybridized carbons (Fsp3) is 0.278. The number of benzene rings is 2. The number of para-hydroxylation sites is 1. The molecule has 0 saturated carbocycles. The second kappa shape index (κ2) is 6.76. The molecule has 2 aromatic rings. The second-order valence-electron chi connectivity index (χ2n) is 5.96. The highest BCUT2D eigenvalue weighted by Crippen LogP contribution is 2.34. The molecule has 0 radical (unpaired) electrons. The molecule has 4 nitrogen and oxygen atoms in total. The Morgan fingerprint density at radius 3 is 2.48 bits per heavy atom. The van der Waals surface area contributed by atoms with Crippen LogP contribution in [0, 0.1) is 0 Å². The first-order valence-corrected chi connectivity index (χ1v) is 7.87. The third-order valence-electron chi connectivity index (χ3n) is 4.19. The van der Waals surface area contributed by atoms with E-state index >= 15 is 0 Å². The van der Waals surface area contributed by atoms with Gasteiger partial charge >= 0.3 is 12.2 Å². The van der Waals surface area contributed by atoms with Gasteiger partial charge in [-0.25, -0.2) is 4.79 Å². The van der Waals surface area contributed by atoms with Gasteiger partial charge in [0.1, 0.15) is 0 Å². The predicted octanol–water partition coefficient (Wildman–Crippen LogP) is 4.20. The maximum absolute atomic E-state index is 13.0. The minimum atomic E-state index is -4.56. The summed E-state index contributed by atoms with van der Waals surface area (Å²) < 4.78 is 39.0. The number of carbonyl (C=O) groups excluding carboxylic acids is 1. The van der Waals surface area contributed by atoms with E-state index in [4.69, 9.17) is 0 Å². The third-order valence-corrected chi connectivity index (χ3v) is 4.19. The number of aliphatic hydroxyl groups is 1. The molecule has 0 bridgehead atoms. The van der Waals surface area contributed by atoms with Crippen LogP contribution >= 0.6 is 0 Å². The van der Waals surface area contributed by atoms with Crippen molar-refractivity contribution in [1.29, 1.82) is 0 Å². The zero-order chi connectivity index (χ0) is 18.0. The highest BCUT2D eigenvalue weighted by atomic mass is 19.4. The van der Waals surface area contributed by atoms with Crippen LogP contribution in [0.5, 0.6) is 0 Å². The van der Waals surface area contributed by atoms with Crippen molar-refractivity contribution >= 4 is 17.4 Å². The molecule has 3 N–H and O–H groups in total. The molecule has 1 aliphatic carbocycles. The van der Waals surface area contributed by atoms with E-state index in [-0.39, 0.29) is 5.69 Å². The largest absolute Gasteiger partial charge is 0.418 e. The standard InChI is InChI=1S/C18H17F3N2O2/c19-18(20,21)14-5-1-2-6-16(14)23-17(25)22-15-7-3-4-11-8-9-12(24)10-13(11)15/h1-7,12,24H,8-10H2,(H2,22,23,25)/t12-/m0/s1. The topological polar surface area (TPSA) is 61.4 Å². The summed E-state index contributed by atoms with van der Waals surface area (Å²) in [5.41, 5.74) is 1.13. The molecule has 0 saturated heterocycles. The highest BCUT2D eigenvalue weighted by molar-refractivity contribution is 6.00. The number of fused-ring (bicyclic) bond motifs is 1. The molecule has 0 heterocycles. The van der Waals surface area contributed by atoms with E-state index in [0.717, 1.165) is 17.2 Å². The van der Waals surface area contributed by atoms with Gasteiger partial charge in [0.15, 0.2) is 0 Å². The van der Waals surface area contributed by atoms with Crippen molar-refractivity contribution in [3.63, 3.8) is 0 Å². The lowest BCUT2D eigenvalue weighted by molar-refractivity contribution is -0.136. The summed E-state index contributed by atoms with van der Waals surface area (Å²) in [5.74, 6) is 0. The Bertz CT molecular complexity index is 790. The normalized spacial score (nSPS) is 16.9. The average molecular weight is 350 g/mol. The Labute approximate surface area is 142 Å². The number of carbonyl (C=O) groups is 1. The maximum atomic E-state index is 13.0. The lowest BCUT2D eigenvalue weighted by Gasteiger charge is -2.23. The van der Waals surface area contributed by atoms with Crippen LogP contribution in [0.15, 0.2) is 42.5 Å². The summed E-state index contributed by atoms with van der Waals surface area (Å²) in [4.78, 5) is 12.2. The van der Waals surface area contributed by atoms with Gasteiger partial charge in [0.25, 0.3) is 0 Å². The number of alkyl halides is 3. The number of urea groups is 1. The number of aryl methyl sites for hydroxylation is 1. The number of nitrogens with one attached hydrogen (secondary N) is 2. The van der Waals surface area contributed by atoms with E-state index in [1.54, 1.807) is 12.1 Å². The van der Waals surface area contributed by atoms with Gasteiger partial charge in [-0.2, -0.15) is 13.2 Å². The zero-order valence-corrected chi connectivity index (χ0v) is 13.2. The third kappa shape index (κ3) is 3.93. The van der Waals surface area contributed by atoms with Crippen LogP contribution < -0.4 is 10.6 Å². The zero-order valence-electron chi connectivity index (χ0n) is 13.2. The van der Waals surface area contributed by atoms with Crippen LogP contribution in [0.2, 0.25) is 0 Å². The maximum Gasteiger partial charge on any atom is 0.418 e. The van der Waals surface area contributed by atoms with Gasteiger partial charge in [-0.1, -0.05) is 24.3 Å². The first kappa shape index (κ1) is 17.3. The average Bonchev–Trinajstić information content (AvgIpc) is 2.55. The van der Waals surface area contributed by atoms with E-state index in [1.165, 1.54) is 18.2 Å². The number of hydrogen-bond acceptors (Lipinski definition) is 2. The van der Waals surface area contributed by atoms with Gasteiger partial charge in [0, 0.05) is 12.1 Å². The number of rotatable bonds is 2. The molecule has 1 aliphatic rings. The highest BCUT2D eigenvalue weighted by Gasteiger charge is 2.33. The summed E-state index contributed by atoms with van der Waals surface area (Å²) in [6.07, 6.45) is -3.28. The van der Waals surface area contributed by atoms with Crippen LogP contribution in [-0.4, -0.2) is 17.2 Å². The summed E-state index contributed by atoms with van der Waals surface area (Å²) in [6, 6.07) is 9.41. The van der Waals surface area contributed by atoms with Gasteiger partial charge in [-0.3, -0.25) is 0 Å². The fourth-order valence-corrected chi connectivity index (χ4v) is 3.00. The van der Waals surface area contributed by atoms with Crippen molar-refractivity contribution in [3.8, 4) is 0 Å². The van der Waals surface area contributed by atoms with Gasteiger partial charge in [-0.15, -0.1) is 0 Å². The van der Waals surface area contributed by atoms with Crippen LogP contribution in [0.4, 0.5) is 29.3 Å². The molecule has 0 aliphatic heterocycles. The lowest BCUT2D eigenvalue weighted by Crippen LogP contribution is -2.25. The minimum Gasteiger partial charge on any atom is -0.393 e. The smallest absolute Gasteiger partial charge is 0.393 e. The molecular weight excluding hydrogens is 333 g/mol. The van der Waals surface area contributed by atoms with E-state index < -0.39 is 23.9 Å². The van der Waals surface area contributed by atoms with Crippen molar-refractivity contribution < 1.29 is 23.1 Å². The summed E-state index contributed by atoms with van der Waals surface area (Å²) in [7, 11) is 0. The van der Waals surface area contributed by atoms with Crippen LogP contribution in [0.3, 0.4) is 0 Å². The molecule has 3 rings (SSSR count). The van der Waals surface area contributed by atoms with Crippen molar-refractivity contribution in [2.45, 2.75) is 31.5 Å². The van der Waals surface area contributed by atoms with Crippen molar-refractivity contribution in [3.05, 3.63) is 59.2 Å². The molecule has 0 spiro atoms. The van der Waals surface area contributed by atoms with Crippen LogP contribution in [0.1, 0.15) is 23.1 Å². The molecule has 25 heavy (non-hydrogen) atoms. The Kier molecular flexibility index (Phi) is 4.67. The molecular formula is C18H17F3N2O2. The second-order valence-corrected chi connectivity index (χ2v) is 5.96. The van der Waals surface area contributed by atoms with Gasteiger partial charge in [-0.05, 0) is 42.2 Å². The molecule has 1 atom stereocenters. The number of hydrogen-bond donors (Lipinski definition) is 3. The molecule has 0 fully saturated rings. The molecule has 0 unspecified atom stereocenters. The van der Waals surface area contributed by atoms with E-state index in [0.29, 0.717) is 24.9 Å². The molecule has 2 amide bonds. The van der Waals surface area contributed by atoms with Crippen molar-refractivity contribution in [2.24, 2.45) is 0 Å². The number of anilines is 2. The van der Waals surface area contributed by atoms with E-state index in [9.17, 15) is 23.1 Å². The summed E-state index contributed by atoms with van der Waals surface area (Å²) in [5, 5.41) is 14.7. The molecule has 2 aromatic carbocycles. The Hall–Kier alpha value is -2.54. The fourth-order valence-electron chi connectivity index (χ4n) is 3.00. The van der Waals surface area contributed by atoms with Crippen molar-refractivity contribution in [1.82, 2.24) is 0 Å². The van der Waals surface area contributed by atoms with Gasteiger partial charge in [0.2, 0.25) is 0 Å². The first-order chi connectivity index (χ1) is 11.8.